The summed E-state index contributed by atoms with van der Waals surface area (Å²) in [6.07, 6.45) is 2.36. The van der Waals surface area contributed by atoms with E-state index in [0.29, 0.717) is 24.0 Å². The van der Waals surface area contributed by atoms with Crippen LogP contribution in [0, 0.1) is 5.92 Å². The van der Waals surface area contributed by atoms with Gasteiger partial charge in [-0.15, -0.1) is 0 Å². The SMILES string of the molecule is CCC(CC)C(Br)c1ccc2c(c1)OCCO2. The van der Waals surface area contributed by atoms with Crippen LogP contribution in [0.25, 0.3) is 0 Å². The fourth-order valence-corrected chi connectivity index (χ4v) is 3.24. The van der Waals surface area contributed by atoms with Crippen molar-refractivity contribution in [3.05, 3.63) is 23.8 Å². The second kappa shape index (κ2) is 5.76. The molecule has 1 unspecified atom stereocenters. The Labute approximate surface area is 111 Å². The molecule has 0 bridgehead atoms. The number of fused-ring (bicyclic) bond motifs is 1. The molecular weight excluding hydrogens is 280 g/mol. The number of hydrogen-bond donors (Lipinski definition) is 0. The molecule has 0 saturated carbocycles. The summed E-state index contributed by atoms with van der Waals surface area (Å²) in [5.41, 5.74) is 1.28. The van der Waals surface area contributed by atoms with Gasteiger partial charge in [-0.25, -0.2) is 0 Å². The smallest absolute Gasteiger partial charge is 0.161 e. The quantitative estimate of drug-likeness (QED) is 0.770. The molecule has 0 aromatic heterocycles. The Bertz CT molecular complexity index is 374. The first-order valence-corrected chi connectivity index (χ1v) is 7.21. The first kappa shape index (κ1) is 12.7. The zero-order chi connectivity index (χ0) is 12.3. The van der Waals surface area contributed by atoms with Gasteiger partial charge in [-0.05, 0) is 23.6 Å². The van der Waals surface area contributed by atoms with Crippen LogP contribution in [0.3, 0.4) is 0 Å². The number of ether oxygens (including phenoxy) is 2. The van der Waals surface area contributed by atoms with Crippen molar-refractivity contribution in [2.45, 2.75) is 31.5 Å². The standard InChI is InChI=1S/C14H19BrO2/c1-3-10(4-2)14(15)11-5-6-12-13(9-11)17-8-7-16-12/h5-6,9-10,14H,3-4,7-8H2,1-2H3. The van der Waals surface area contributed by atoms with E-state index in [-0.39, 0.29) is 0 Å². The van der Waals surface area contributed by atoms with Crippen LogP contribution in [0.1, 0.15) is 37.1 Å². The third-order valence-corrected chi connectivity index (χ3v) is 4.62. The van der Waals surface area contributed by atoms with Crippen LogP contribution < -0.4 is 9.47 Å². The maximum Gasteiger partial charge on any atom is 0.161 e. The molecule has 94 valence electrons. The lowest BCUT2D eigenvalue weighted by Gasteiger charge is -2.23. The molecule has 1 aliphatic rings. The second-order valence-corrected chi connectivity index (χ2v) is 5.37. The predicted molar refractivity (Wildman–Crippen MR) is 73.2 cm³/mol. The Kier molecular flexibility index (Phi) is 4.32. The Hall–Kier alpha value is -0.700. The van der Waals surface area contributed by atoms with Crippen molar-refractivity contribution >= 4 is 15.9 Å². The van der Waals surface area contributed by atoms with Gasteiger partial charge in [0.1, 0.15) is 13.2 Å². The van der Waals surface area contributed by atoms with Gasteiger partial charge in [-0.1, -0.05) is 48.7 Å². The van der Waals surface area contributed by atoms with Gasteiger partial charge >= 0.3 is 0 Å². The topological polar surface area (TPSA) is 18.5 Å². The fourth-order valence-electron chi connectivity index (χ4n) is 2.21. The molecule has 0 N–H and O–H groups in total. The van der Waals surface area contributed by atoms with Crippen molar-refractivity contribution in [2.24, 2.45) is 5.92 Å². The summed E-state index contributed by atoms with van der Waals surface area (Å²) in [6, 6.07) is 6.25. The molecule has 1 atom stereocenters. The van der Waals surface area contributed by atoms with Crippen LogP contribution in [0.4, 0.5) is 0 Å². The van der Waals surface area contributed by atoms with Crippen molar-refractivity contribution in [1.82, 2.24) is 0 Å². The van der Waals surface area contributed by atoms with Gasteiger partial charge in [0.05, 0.1) is 0 Å². The molecular formula is C14H19BrO2. The van der Waals surface area contributed by atoms with Crippen molar-refractivity contribution in [3.8, 4) is 11.5 Å². The van der Waals surface area contributed by atoms with E-state index in [4.69, 9.17) is 9.47 Å². The molecule has 0 spiro atoms. The summed E-state index contributed by atoms with van der Waals surface area (Å²) in [6.45, 7) is 5.77. The van der Waals surface area contributed by atoms with Crippen molar-refractivity contribution in [2.75, 3.05) is 13.2 Å². The van der Waals surface area contributed by atoms with E-state index in [1.165, 1.54) is 18.4 Å². The molecule has 1 aliphatic heterocycles. The highest BCUT2D eigenvalue weighted by molar-refractivity contribution is 9.09. The van der Waals surface area contributed by atoms with Gasteiger partial charge in [-0.3, -0.25) is 0 Å². The fraction of sp³-hybridized carbons (Fsp3) is 0.571. The van der Waals surface area contributed by atoms with E-state index in [1.807, 2.05) is 6.07 Å². The molecule has 3 heteroatoms. The average molecular weight is 299 g/mol. The molecule has 0 fully saturated rings. The molecule has 0 saturated heterocycles. The largest absolute Gasteiger partial charge is 0.486 e. The summed E-state index contributed by atoms with van der Waals surface area (Å²) in [7, 11) is 0. The molecule has 2 rings (SSSR count). The maximum atomic E-state index is 5.62. The minimum atomic E-state index is 0.397. The van der Waals surface area contributed by atoms with E-state index in [1.54, 1.807) is 0 Å². The van der Waals surface area contributed by atoms with Crippen LogP contribution in [0.15, 0.2) is 18.2 Å². The summed E-state index contributed by atoms with van der Waals surface area (Å²) in [4.78, 5) is 0.397. The van der Waals surface area contributed by atoms with E-state index < -0.39 is 0 Å². The van der Waals surface area contributed by atoms with Gasteiger partial charge in [-0.2, -0.15) is 0 Å². The number of hydrogen-bond acceptors (Lipinski definition) is 2. The van der Waals surface area contributed by atoms with Crippen molar-refractivity contribution in [3.63, 3.8) is 0 Å². The lowest BCUT2D eigenvalue weighted by Crippen LogP contribution is -2.15. The third kappa shape index (κ3) is 2.76. The lowest BCUT2D eigenvalue weighted by atomic mass is 9.94. The van der Waals surface area contributed by atoms with Crippen molar-refractivity contribution < 1.29 is 9.47 Å². The van der Waals surface area contributed by atoms with Crippen LogP contribution >= 0.6 is 15.9 Å². The van der Waals surface area contributed by atoms with Gasteiger partial charge < -0.3 is 9.47 Å². The molecule has 0 aliphatic carbocycles. The number of halogens is 1. The predicted octanol–water partition coefficient (Wildman–Crippen LogP) is 4.33. The third-order valence-electron chi connectivity index (χ3n) is 3.35. The van der Waals surface area contributed by atoms with E-state index >= 15 is 0 Å². The molecule has 0 radical (unpaired) electrons. The molecule has 0 amide bonds. The highest BCUT2D eigenvalue weighted by Gasteiger charge is 2.20. The number of alkyl halides is 1. The van der Waals surface area contributed by atoms with Gasteiger partial charge in [0.2, 0.25) is 0 Å². The summed E-state index contributed by atoms with van der Waals surface area (Å²) in [5.74, 6) is 2.41. The first-order chi connectivity index (χ1) is 8.26. The molecule has 2 nitrogen and oxygen atoms in total. The normalized spacial score (nSPS) is 16.0. The zero-order valence-electron chi connectivity index (χ0n) is 10.4. The summed E-state index contributed by atoms with van der Waals surface area (Å²) in [5, 5.41) is 0. The number of rotatable bonds is 4. The summed E-state index contributed by atoms with van der Waals surface area (Å²) >= 11 is 3.80. The summed E-state index contributed by atoms with van der Waals surface area (Å²) < 4.78 is 11.1. The van der Waals surface area contributed by atoms with Gasteiger partial charge in [0.25, 0.3) is 0 Å². The molecule has 17 heavy (non-hydrogen) atoms. The molecule has 1 aromatic rings. The lowest BCUT2D eigenvalue weighted by molar-refractivity contribution is 0.171. The first-order valence-electron chi connectivity index (χ1n) is 6.29. The minimum absolute atomic E-state index is 0.397. The van der Waals surface area contributed by atoms with Crippen LogP contribution in [0.5, 0.6) is 11.5 Å². The van der Waals surface area contributed by atoms with E-state index in [0.717, 1.165) is 11.5 Å². The van der Waals surface area contributed by atoms with Crippen LogP contribution in [-0.4, -0.2) is 13.2 Å². The van der Waals surface area contributed by atoms with Crippen molar-refractivity contribution in [1.29, 1.82) is 0 Å². The monoisotopic (exact) mass is 298 g/mol. The molecule has 1 aromatic carbocycles. The van der Waals surface area contributed by atoms with Crippen LogP contribution in [-0.2, 0) is 0 Å². The highest BCUT2D eigenvalue weighted by atomic mass is 79.9. The Morgan fingerprint density at radius 2 is 1.76 bits per heavy atom. The molecule has 1 heterocycles. The average Bonchev–Trinajstić information content (AvgIpc) is 2.39. The maximum absolute atomic E-state index is 5.62. The number of benzene rings is 1. The Morgan fingerprint density at radius 3 is 2.41 bits per heavy atom. The van der Waals surface area contributed by atoms with Gasteiger partial charge in [0.15, 0.2) is 11.5 Å². The Balaban J connectivity index is 2.21. The zero-order valence-corrected chi connectivity index (χ0v) is 12.0. The van der Waals surface area contributed by atoms with Crippen LogP contribution in [0.2, 0.25) is 0 Å². The minimum Gasteiger partial charge on any atom is -0.486 e. The van der Waals surface area contributed by atoms with Gasteiger partial charge in [0, 0.05) is 4.83 Å². The van der Waals surface area contributed by atoms with E-state index in [9.17, 15) is 0 Å². The highest BCUT2D eigenvalue weighted by Crippen LogP contribution is 2.39. The van der Waals surface area contributed by atoms with E-state index in [2.05, 4.69) is 41.9 Å². The second-order valence-electron chi connectivity index (χ2n) is 4.38. The Morgan fingerprint density at radius 1 is 1.12 bits per heavy atom.